The number of nitrogens with two attached hydrogens (primary N) is 1. The van der Waals surface area contributed by atoms with Gasteiger partial charge in [0, 0.05) is 5.56 Å². The van der Waals surface area contributed by atoms with Gasteiger partial charge >= 0.3 is 0 Å². The van der Waals surface area contributed by atoms with E-state index < -0.39 is 0 Å². The molecular weight excluding hydrogens is 310 g/mol. The van der Waals surface area contributed by atoms with Gasteiger partial charge < -0.3 is 10.8 Å². The van der Waals surface area contributed by atoms with Crippen LogP contribution >= 0.6 is 0 Å². The lowest BCUT2D eigenvalue weighted by Crippen LogP contribution is -2.41. The first-order valence-corrected chi connectivity index (χ1v) is 9.78. The second kappa shape index (κ2) is 6.28. The summed E-state index contributed by atoms with van der Waals surface area (Å²) in [4.78, 5) is 11.5. The lowest BCUT2D eigenvalue weighted by Gasteiger charge is -2.50. The molecule has 0 radical (unpaired) electrons. The Bertz CT molecular complexity index is 708. The number of benzene rings is 1. The van der Waals surface area contributed by atoms with Crippen molar-refractivity contribution < 1.29 is 9.90 Å². The summed E-state index contributed by atoms with van der Waals surface area (Å²) < 4.78 is 0. The van der Waals surface area contributed by atoms with Crippen LogP contribution in [-0.4, -0.2) is 17.1 Å². The maximum absolute atomic E-state index is 11.5. The van der Waals surface area contributed by atoms with E-state index >= 15 is 0 Å². The van der Waals surface area contributed by atoms with Crippen molar-refractivity contribution in [3.63, 3.8) is 0 Å². The monoisotopic (exact) mass is 339 g/mol. The van der Waals surface area contributed by atoms with E-state index in [1.807, 2.05) is 19.1 Å². The summed E-state index contributed by atoms with van der Waals surface area (Å²) in [6.45, 7) is 1.91. The van der Waals surface area contributed by atoms with E-state index in [1.165, 1.54) is 36.8 Å². The van der Waals surface area contributed by atoms with Crippen molar-refractivity contribution in [3.8, 4) is 0 Å². The molecule has 0 saturated heterocycles. The normalized spacial score (nSPS) is 34.1. The number of fused-ring (bicyclic) bond motifs is 5. The van der Waals surface area contributed by atoms with Gasteiger partial charge in [-0.25, -0.2) is 0 Å². The van der Waals surface area contributed by atoms with Gasteiger partial charge in [0.25, 0.3) is 0 Å². The molecule has 134 valence electrons. The van der Waals surface area contributed by atoms with Crippen LogP contribution in [0.3, 0.4) is 0 Å². The summed E-state index contributed by atoms with van der Waals surface area (Å²) in [7, 11) is 0. The first-order valence-electron chi connectivity index (χ1n) is 9.78. The lowest BCUT2D eigenvalue weighted by molar-refractivity contribution is 0.0481. The Morgan fingerprint density at radius 2 is 2.24 bits per heavy atom. The Morgan fingerprint density at radius 3 is 3.00 bits per heavy atom. The molecule has 0 aliphatic heterocycles. The van der Waals surface area contributed by atoms with E-state index in [4.69, 9.17) is 5.73 Å². The highest BCUT2D eigenvalue weighted by Gasteiger charge is 2.50. The van der Waals surface area contributed by atoms with Crippen LogP contribution in [-0.2, 0) is 6.42 Å². The van der Waals surface area contributed by atoms with Crippen LogP contribution < -0.4 is 5.73 Å². The number of hydrogen-bond donors (Lipinski definition) is 2. The fraction of sp³-hybridized carbons (Fsp3) is 0.591. The number of carbonyl (C=O) groups excluding carboxylic acids is 1. The van der Waals surface area contributed by atoms with Crippen molar-refractivity contribution in [2.75, 3.05) is 0 Å². The van der Waals surface area contributed by atoms with Gasteiger partial charge in [-0.3, -0.25) is 4.79 Å². The Balaban J connectivity index is 1.60. The minimum absolute atomic E-state index is 0.207. The second-order valence-corrected chi connectivity index (χ2v) is 8.49. The first-order chi connectivity index (χ1) is 12.0. The van der Waals surface area contributed by atoms with Gasteiger partial charge in [0.1, 0.15) is 0 Å². The minimum Gasteiger partial charge on any atom is -0.393 e. The summed E-state index contributed by atoms with van der Waals surface area (Å²) in [6.07, 6.45) is 12.6. The molecule has 3 heteroatoms. The average molecular weight is 339 g/mol. The number of allylic oxidation sites excluding steroid dienone is 2. The minimum atomic E-state index is -0.328. The van der Waals surface area contributed by atoms with Crippen LogP contribution in [0.4, 0.5) is 0 Å². The van der Waals surface area contributed by atoms with E-state index in [0.717, 1.165) is 25.2 Å². The van der Waals surface area contributed by atoms with Gasteiger partial charge in [-0.05, 0) is 98.3 Å². The molecule has 1 saturated carbocycles. The van der Waals surface area contributed by atoms with Crippen molar-refractivity contribution in [3.05, 3.63) is 47.0 Å². The van der Waals surface area contributed by atoms with Crippen molar-refractivity contribution in [1.82, 2.24) is 0 Å². The van der Waals surface area contributed by atoms with E-state index in [9.17, 15) is 9.90 Å². The molecule has 3 aliphatic rings. The molecule has 0 heterocycles. The number of aryl methyl sites for hydroxylation is 1. The number of carbonyl (C=O) groups is 1. The quantitative estimate of drug-likeness (QED) is 0.816. The number of aliphatic hydroxyl groups is 1. The highest BCUT2D eigenvalue weighted by molar-refractivity contribution is 5.93. The predicted molar refractivity (Wildman–Crippen MR) is 99.3 cm³/mol. The molecule has 0 unspecified atom stereocenters. The average Bonchev–Trinajstić information content (AvgIpc) is 3.03. The Kier molecular flexibility index (Phi) is 4.23. The Hall–Kier alpha value is -1.61. The molecule has 0 spiro atoms. The number of rotatable bonds is 4. The van der Waals surface area contributed by atoms with Gasteiger partial charge in [-0.15, -0.1) is 0 Å². The third-order valence-electron chi connectivity index (χ3n) is 7.13. The molecule has 1 aromatic rings. The third-order valence-corrected chi connectivity index (χ3v) is 7.13. The molecule has 25 heavy (non-hydrogen) atoms. The van der Waals surface area contributed by atoms with Crippen LogP contribution in [0.2, 0.25) is 0 Å². The van der Waals surface area contributed by atoms with Crippen molar-refractivity contribution in [2.45, 2.75) is 63.9 Å². The fourth-order valence-electron chi connectivity index (χ4n) is 5.92. The zero-order chi connectivity index (χ0) is 17.6. The summed E-state index contributed by atoms with van der Waals surface area (Å²) in [5.41, 5.74) is 9.19. The van der Waals surface area contributed by atoms with E-state index in [0.29, 0.717) is 22.8 Å². The van der Waals surface area contributed by atoms with E-state index in [1.54, 1.807) is 0 Å². The van der Waals surface area contributed by atoms with Crippen LogP contribution in [0.25, 0.3) is 0 Å². The van der Waals surface area contributed by atoms with E-state index in [-0.39, 0.29) is 12.0 Å². The molecule has 3 nitrogen and oxygen atoms in total. The Morgan fingerprint density at radius 1 is 1.40 bits per heavy atom. The second-order valence-electron chi connectivity index (χ2n) is 8.49. The molecule has 3 N–H and O–H groups in total. The zero-order valence-corrected chi connectivity index (χ0v) is 15.1. The number of amides is 1. The van der Waals surface area contributed by atoms with Gasteiger partial charge in [-0.2, -0.15) is 0 Å². The summed E-state index contributed by atoms with van der Waals surface area (Å²) >= 11 is 0. The van der Waals surface area contributed by atoms with Gasteiger partial charge in [0.15, 0.2) is 0 Å². The molecule has 3 aliphatic carbocycles. The molecular formula is C22H29NO2. The van der Waals surface area contributed by atoms with Crippen LogP contribution in [0, 0.1) is 17.3 Å². The van der Waals surface area contributed by atoms with Crippen molar-refractivity contribution >= 4 is 5.91 Å². The molecule has 1 amide bonds. The van der Waals surface area contributed by atoms with Gasteiger partial charge in [0.05, 0.1) is 6.10 Å². The van der Waals surface area contributed by atoms with Gasteiger partial charge in [0.2, 0.25) is 5.91 Å². The maximum atomic E-state index is 11.5. The molecule has 5 atom stereocenters. The standard InChI is InChI=1S/C22H29NO2/c1-14(24)8-11-22-10-2-3-20(22)19-7-4-15-13-16(21(23)25)5-6-17(15)18(19)9-12-22/h2,5-6,10,13-14,18-20,24H,3-4,7-9,11-12H2,1H3,(H2,23,25)/t14-,18-,19-,20+,22-/m1/s1. The first kappa shape index (κ1) is 16.8. The molecule has 4 rings (SSSR count). The predicted octanol–water partition coefficient (Wildman–Crippen LogP) is 3.95. The van der Waals surface area contributed by atoms with Crippen LogP contribution in [0.1, 0.15) is 72.9 Å². The number of primary amides is 1. The third kappa shape index (κ3) is 2.83. The SMILES string of the molecule is C[C@@H](O)CC[C@@]12C=CC[C@H]1[C@@H]1CCc3cc(C(N)=O)ccc3[C@H]1CC2. The zero-order valence-electron chi connectivity index (χ0n) is 15.1. The molecule has 1 aromatic carbocycles. The molecule has 1 fully saturated rings. The number of hydrogen-bond acceptors (Lipinski definition) is 2. The largest absolute Gasteiger partial charge is 0.393 e. The fourth-order valence-corrected chi connectivity index (χ4v) is 5.92. The summed E-state index contributed by atoms with van der Waals surface area (Å²) in [5, 5.41) is 9.77. The van der Waals surface area contributed by atoms with Crippen LogP contribution in [0.15, 0.2) is 30.4 Å². The van der Waals surface area contributed by atoms with Crippen molar-refractivity contribution in [1.29, 1.82) is 0 Å². The number of aliphatic hydroxyl groups excluding tert-OH is 1. The van der Waals surface area contributed by atoms with Crippen molar-refractivity contribution in [2.24, 2.45) is 23.0 Å². The lowest BCUT2D eigenvalue weighted by atomic mass is 9.54. The highest BCUT2D eigenvalue weighted by Crippen LogP contribution is 2.60. The topological polar surface area (TPSA) is 63.3 Å². The highest BCUT2D eigenvalue weighted by atomic mass is 16.3. The summed E-state index contributed by atoms with van der Waals surface area (Å²) in [6, 6.07) is 6.10. The maximum Gasteiger partial charge on any atom is 0.248 e. The summed E-state index contributed by atoms with van der Waals surface area (Å²) in [5.74, 6) is 1.74. The smallest absolute Gasteiger partial charge is 0.248 e. The van der Waals surface area contributed by atoms with E-state index in [2.05, 4.69) is 18.2 Å². The van der Waals surface area contributed by atoms with Gasteiger partial charge in [-0.1, -0.05) is 18.2 Å². The molecule has 0 aromatic heterocycles. The van der Waals surface area contributed by atoms with Crippen LogP contribution in [0.5, 0.6) is 0 Å². The Labute approximate surface area is 150 Å². The molecule has 0 bridgehead atoms.